The third-order valence-electron chi connectivity index (χ3n) is 5.98. The highest BCUT2D eigenvalue weighted by atomic mass is 32.1. The molecule has 2 amide bonds. The summed E-state index contributed by atoms with van der Waals surface area (Å²) in [6.07, 6.45) is 1.70. The van der Waals surface area contributed by atoms with Crippen LogP contribution in [0.3, 0.4) is 0 Å². The van der Waals surface area contributed by atoms with Gasteiger partial charge in [0.2, 0.25) is 5.91 Å². The molecule has 0 saturated heterocycles. The lowest BCUT2D eigenvalue weighted by molar-refractivity contribution is -0.132. The largest absolute Gasteiger partial charge is 0.358 e. The van der Waals surface area contributed by atoms with Gasteiger partial charge < -0.3 is 15.2 Å². The summed E-state index contributed by atoms with van der Waals surface area (Å²) < 4.78 is 0. The molecule has 2 aromatic heterocycles. The van der Waals surface area contributed by atoms with E-state index in [4.69, 9.17) is 0 Å². The third kappa shape index (κ3) is 4.26. The van der Waals surface area contributed by atoms with Crippen LogP contribution >= 0.6 is 11.3 Å². The number of hydrogen-bond acceptors (Lipinski definition) is 4. The van der Waals surface area contributed by atoms with Crippen molar-refractivity contribution in [1.82, 2.24) is 9.88 Å². The van der Waals surface area contributed by atoms with Crippen molar-refractivity contribution < 1.29 is 9.59 Å². The highest BCUT2D eigenvalue weighted by Gasteiger charge is 2.27. The Morgan fingerprint density at radius 2 is 1.91 bits per heavy atom. The smallest absolute Gasteiger partial charge is 0.256 e. The first-order valence-corrected chi connectivity index (χ1v) is 11.7. The maximum absolute atomic E-state index is 12.9. The van der Waals surface area contributed by atoms with Gasteiger partial charge in [-0.2, -0.15) is 5.26 Å². The topological polar surface area (TPSA) is 89.0 Å². The Labute approximate surface area is 195 Å². The van der Waals surface area contributed by atoms with Gasteiger partial charge in [-0.25, -0.2) is 0 Å². The number of thiophene rings is 1. The van der Waals surface area contributed by atoms with E-state index in [1.54, 1.807) is 24.3 Å². The summed E-state index contributed by atoms with van der Waals surface area (Å²) in [5.74, 6) is -0.141. The minimum absolute atomic E-state index is 0.0982. The van der Waals surface area contributed by atoms with Crippen LogP contribution in [-0.4, -0.2) is 28.2 Å². The van der Waals surface area contributed by atoms with Crippen LogP contribution < -0.4 is 5.32 Å². The average Bonchev–Trinajstić information content (AvgIpc) is 3.42. The number of aromatic nitrogens is 1. The van der Waals surface area contributed by atoms with Gasteiger partial charge in [0.25, 0.3) is 5.91 Å². The van der Waals surface area contributed by atoms with Gasteiger partial charge in [0.1, 0.15) is 11.1 Å². The fraction of sp³-hybridized carbons (Fsp3) is 0.192. The number of aryl methyl sites for hydroxylation is 1. The molecule has 2 N–H and O–H groups in total. The van der Waals surface area contributed by atoms with E-state index in [1.807, 2.05) is 29.2 Å². The number of para-hydroxylation sites is 1. The van der Waals surface area contributed by atoms with E-state index < -0.39 is 0 Å². The number of amides is 2. The van der Waals surface area contributed by atoms with E-state index in [9.17, 15) is 14.9 Å². The van der Waals surface area contributed by atoms with Crippen molar-refractivity contribution in [2.45, 2.75) is 25.8 Å². The lowest BCUT2D eigenvalue weighted by Crippen LogP contribution is -2.35. The van der Waals surface area contributed by atoms with E-state index in [0.29, 0.717) is 48.5 Å². The van der Waals surface area contributed by atoms with Gasteiger partial charge in [-0.1, -0.05) is 36.4 Å². The van der Waals surface area contributed by atoms with Gasteiger partial charge in [-0.05, 0) is 48.1 Å². The van der Waals surface area contributed by atoms with Gasteiger partial charge in [0.15, 0.2) is 0 Å². The highest BCUT2D eigenvalue weighted by molar-refractivity contribution is 7.16. The van der Waals surface area contributed by atoms with Crippen LogP contribution in [0.4, 0.5) is 5.00 Å². The number of nitriles is 1. The molecule has 4 aromatic rings. The number of carbonyl (C=O) groups excluding carboxylic acids is 2. The minimum Gasteiger partial charge on any atom is -0.358 e. The lowest BCUT2D eigenvalue weighted by Gasteiger charge is -2.27. The molecule has 6 nitrogen and oxygen atoms in total. The Morgan fingerprint density at radius 1 is 1.12 bits per heavy atom. The number of carbonyl (C=O) groups is 2. The van der Waals surface area contributed by atoms with E-state index in [2.05, 4.69) is 28.5 Å². The van der Waals surface area contributed by atoms with Gasteiger partial charge in [0, 0.05) is 34.6 Å². The van der Waals surface area contributed by atoms with E-state index in [1.165, 1.54) is 11.3 Å². The molecule has 164 valence electrons. The normalized spacial score (nSPS) is 12.9. The van der Waals surface area contributed by atoms with E-state index in [0.717, 1.165) is 27.0 Å². The summed E-state index contributed by atoms with van der Waals surface area (Å²) in [4.78, 5) is 31.7. The van der Waals surface area contributed by atoms with E-state index >= 15 is 0 Å². The Hall–Kier alpha value is -3.89. The molecule has 2 aromatic carbocycles. The van der Waals surface area contributed by atoms with Crippen molar-refractivity contribution in [3.05, 3.63) is 87.9 Å². The molecule has 0 radical (unpaired) electrons. The molecule has 0 saturated carbocycles. The van der Waals surface area contributed by atoms with E-state index in [-0.39, 0.29) is 11.8 Å². The summed E-state index contributed by atoms with van der Waals surface area (Å²) in [6.45, 7) is 1.05. The van der Waals surface area contributed by atoms with Crippen LogP contribution in [0.5, 0.6) is 0 Å². The highest BCUT2D eigenvalue weighted by Crippen LogP contribution is 2.37. The fourth-order valence-electron chi connectivity index (χ4n) is 4.26. The molecule has 33 heavy (non-hydrogen) atoms. The molecule has 0 fully saturated rings. The number of nitrogens with one attached hydrogen (secondary N) is 2. The van der Waals surface area contributed by atoms with Crippen molar-refractivity contribution in [3.8, 4) is 6.07 Å². The van der Waals surface area contributed by atoms with Crippen LogP contribution in [0.2, 0.25) is 0 Å². The van der Waals surface area contributed by atoms with Crippen LogP contribution in [-0.2, 0) is 24.2 Å². The number of fused-ring (bicyclic) bond motifs is 2. The predicted octanol–water partition coefficient (Wildman–Crippen LogP) is 4.87. The van der Waals surface area contributed by atoms with Crippen molar-refractivity contribution in [2.75, 3.05) is 11.9 Å². The molecule has 0 spiro atoms. The van der Waals surface area contributed by atoms with Crippen LogP contribution in [0, 0.1) is 11.3 Å². The molecule has 5 rings (SSSR count). The Bertz CT molecular complexity index is 1350. The molecule has 1 aliphatic rings. The van der Waals surface area contributed by atoms with Crippen molar-refractivity contribution in [3.63, 3.8) is 0 Å². The maximum atomic E-state index is 12.9. The zero-order valence-electron chi connectivity index (χ0n) is 17.9. The molecule has 0 aliphatic carbocycles. The second-order valence-corrected chi connectivity index (χ2v) is 9.19. The first-order valence-electron chi connectivity index (χ1n) is 10.9. The van der Waals surface area contributed by atoms with Gasteiger partial charge in [-0.15, -0.1) is 11.3 Å². The average molecular weight is 455 g/mol. The summed E-state index contributed by atoms with van der Waals surface area (Å²) in [5, 5.41) is 14.3. The number of anilines is 1. The van der Waals surface area contributed by atoms with Crippen molar-refractivity contribution >= 4 is 39.1 Å². The molecule has 0 atom stereocenters. The van der Waals surface area contributed by atoms with Gasteiger partial charge >= 0.3 is 0 Å². The Kier molecular flexibility index (Phi) is 5.68. The number of benzene rings is 2. The number of rotatable bonds is 5. The van der Waals surface area contributed by atoms with Crippen LogP contribution in [0.25, 0.3) is 10.9 Å². The summed E-state index contributed by atoms with van der Waals surface area (Å²) >= 11 is 1.39. The van der Waals surface area contributed by atoms with Crippen molar-refractivity contribution in [2.24, 2.45) is 0 Å². The standard InChI is InChI=1S/C26H22N4O2S/c27-15-21-20-12-13-30(24(31)11-10-19-14-18-8-4-5-9-22(18)28-19)16-23(20)33-26(21)29-25(32)17-6-2-1-3-7-17/h1-9,14,28H,10-13,16H2,(H,29,32). The van der Waals surface area contributed by atoms with Crippen LogP contribution in [0.15, 0.2) is 60.7 Å². The molecule has 1 aliphatic heterocycles. The quantitative estimate of drug-likeness (QED) is 0.451. The molecular weight excluding hydrogens is 432 g/mol. The molecule has 0 bridgehead atoms. The summed E-state index contributed by atoms with van der Waals surface area (Å²) in [7, 11) is 0. The zero-order chi connectivity index (χ0) is 22.8. The first kappa shape index (κ1) is 21.0. The molecular formula is C26H22N4O2S. The van der Waals surface area contributed by atoms with Gasteiger partial charge in [-0.3, -0.25) is 9.59 Å². The fourth-order valence-corrected chi connectivity index (χ4v) is 5.46. The zero-order valence-corrected chi connectivity index (χ0v) is 18.7. The van der Waals surface area contributed by atoms with Crippen LogP contribution in [0.1, 0.15) is 38.5 Å². The first-order chi connectivity index (χ1) is 16.1. The third-order valence-corrected chi connectivity index (χ3v) is 7.11. The maximum Gasteiger partial charge on any atom is 0.256 e. The minimum atomic E-state index is -0.239. The predicted molar refractivity (Wildman–Crippen MR) is 129 cm³/mol. The SMILES string of the molecule is N#Cc1c(NC(=O)c2ccccc2)sc2c1CCN(C(=O)CCc1cc3ccccc3[nH]1)C2. The molecule has 3 heterocycles. The second kappa shape index (κ2) is 8.93. The Morgan fingerprint density at radius 3 is 2.70 bits per heavy atom. The number of H-pyrrole nitrogens is 1. The summed E-state index contributed by atoms with van der Waals surface area (Å²) in [6, 6.07) is 21.4. The molecule has 7 heteroatoms. The number of nitrogens with zero attached hydrogens (tertiary/aromatic N) is 2. The summed E-state index contributed by atoms with van der Waals surface area (Å²) in [5.41, 5.74) is 4.14. The number of hydrogen-bond donors (Lipinski definition) is 2. The number of aromatic amines is 1. The Balaban J connectivity index is 1.26. The lowest BCUT2D eigenvalue weighted by atomic mass is 10.0. The van der Waals surface area contributed by atoms with Gasteiger partial charge in [0.05, 0.1) is 12.1 Å². The second-order valence-electron chi connectivity index (χ2n) is 8.09. The monoisotopic (exact) mass is 454 g/mol. The molecule has 0 unspecified atom stereocenters. The van der Waals surface area contributed by atoms with Crippen molar-refractivity contribution in [1.29, 1.82) is 5.26 Å².